The van der Waals surface area contributed by atoms with Crippen LogP contribution in [0, 0.1) is 27.7 Å². The molecule has 0 aliphatic rings. The third-order valence-electron chi connectivity index (χ3n) is 3.45. The Morgan fingerprint density at radius 1 is 1.21 bits per heavy atom. The highest BCUT2D eigenvalue weighted by molar-refractivity contribution is 7.11. The van der Waals surface area contributed by atoms with Gasteiger partial charge in [0.15, 0.2) is 0 Å². The monoisotopic (exact) mass is 274 g/mol. The highest BCUT2D eigenvalue weighted by Crippen LogP contribution is 2.30. The third-order valence-corrected chi connectivity index (χ3v) is 4.58. The molecule has 1 heterocycles. The molecule has 2 nitrogen and oxygen atoms in total. The lowest BCUT2D eigenvalue weighted by atomic mass is 9.99. The summed E-state index contributed by atoms with van der Waals surface area (Å²) in [6, 6.07) is 6.85. The summed E-state index contributed by atoms with van der Waals surface area (Å²) in [5.74, 6) is 0. The number of aromatic nitrogens is 1. The lowest BCUT2D eigenvalue weighted by Gasteiger charge is -2.18. The average Bonchev–Trinajstić information content (AvgIpc) is 2.70. The molecule has 0 bridgehead atoms. The first kappa shape index (κ1) is 14.2. The minimum Gasteiger partial charge on any atom is -0.305 e. The van der Waals surface area contributed by atoms with Gasteiger partial charge in [-0.1, -0.05) is 30.7 Å². The minimum absolute atomic E-state index is 0.210. The van der Waals surface area contributed by atoms with Crippen LogP contribution in [0.15, 0.2) is 18.2 Å². The summed E-state index contributed by atoms with van der Waals surface area (Å²) < 4.78 is 0. The van der Waals surface area contributed by atoms with Crippen LogP contribution in [0.2, 0.25) is 0 Å². The Balaban J connectivity index is 2.47. The number of rotatable bonds is 4. The summed E-state index contributed by atoms with van der Waals surface area (Å²) in [6.45, 7) is 11.6. The van der Waals surface area contributed by atoms with Gasteiger partial charge in [-0.15, -0.1) is 11.3 Å². The Bertz CT molecular complexity index is 553. The molecule has 0 saturated heterocycles. The van der Waals surface area contributed by atoms with Crippen molar-refractivity contribution < 1.29 is 0 Å². The SMILES string of the molecule is CCNC(c1nc(C)c(C)s1)c1cc(C)ccc1C. The first-order valence-corrected chi connectivity index (χ1v) is 7.59. The van der Waals surface area contributed by atoms with Crippen molar-refractivity contribution in [3.05, 3.63) is 50.5 Å². The zero-order valence-electron chi connectivity index (χ0n) is 12.4. The molecule has 1 unspecified atom stereocenters. The fourth-order valence-electron chi connectivity index (χ4n) is 2.23. The number of nitrogens with one attached hydrogen (secondary N) is 1. The predicted molar refractivity (Wildman–Crippen MR) is 83.0 cm³/mol. The third kappa shape index (κ3) is 3.04. The second-order valence-electron chi connectivity index (χ2n) is 5.04. The van der Waals surface area contributed by atoms with Crippen molar-refractivity contribution in [2.24, 2.45) is 0 Å². The number of hydrogen-bond donors (Lipinski definition) is 1. The smallest absolute Gasteiger partial charge is 0.115 e. The number of aryl methyl sites for hydroxylation is 4. The van der Waals surface area contributed by atoms with Crippen molar-refractivity contribution in [1.82, 2.24) is 10.3 Å². The first-order valence-electron chi connectivity index (χ1n) is 6.77. The van der Waals surface area contributed by atoms with Gasteiger partial charge in [0.2, 0.25) is 0 Å². The van der Waals surface area contributed by atoms with Crippen molar-refractivity contribution in [2.75, 3.05) is 6.54 Å². The van der Waals surface area contributed by atoms with Crippen molar-refractivity contribution >= 4 is 11.3 Å². The molecule has 3 heteroatoms. The maximum atomic E-state index is 4.73. The van der Waals surface area contributed by atoms with Gasteiger partial charge in [-0.25, -0.2) is 4.98 Å². The average molecular weight is 274 g/mol. The molecule has 1 N–H and O–H groups in total. The van der Waals surface area contributed by atoms with Crippen LogP contribution in [0.1, 0.15) is 45.2 Å². The second-order valence-corrected chi connectivity index (χ2v) is 6.28. The van der Waals surface area contributed by atoms with Gasteiger partial charge >= 0.3 is 0 Å². The van der Waals surface area contributed by atoms with Gasteiger partial charge in [-0.05, 0) is 45.4 Å². The normalized spacial score (nSPS) is 12.7. The van der Waals surface area contributed by atoms with Crippen LogP contribution in [-0.2, 0) is 0 Å². The Hall–Kier alpha value is -1.19. The number of thiazole rings is 1. The summed E-state index contributed by atoms with van der Waals surface area (Å²) in [6.07, 6.45) is 0. The van der Waals surface area contributed by atoms with E-state index >= 15 is 0 Å². The number of nitrogens with zero attached hydrogens (tertiary/aromatic N) is 1. The fourth-order valence-corrected chi connectivity index (χ4v) is 3.24. The van der Waals surface area contributed by atoms with Crippen molar-refractivity contribution in [3.63, 3.8) is 0 Å². The van der Waals surface area contributed by atoms with Crippen molar-refractivity contribution in [1.29, 1.82) is 0 Å². The highest BCUT2D eigenvalue weighted by atomic mass is 32.1. The molecule has 102 valence electrons. The lowest BCUT2D eigenvalue weighted by Crippen LogP contribution is -2.22. The van der Waals surface area contributed by atoms with Gasteiger partial charge in [0.1, 0.15) is 5.01 Å². The largest absolute Gasteiger partial charge is 0.305 e. The topological polar surface area (TPSA) is 24.9 Å². The molecule has 0 fully saturated rings. The quantitative estimate of drug-likeness (QED) is 0.909. The van der Waals surface area contributed by atoms with Crippen molar-refractivity contribution in [2.45, 2.75) is 40.7 Å². The van der Waals surface area contributed by atoms with Gasteiger partial charge in [0.05, 0.1) is 11.7 Å². The van der Waals surface area contributed by atoms with Gasteiger partial charge < -0.3 is 5.32 Å². The van der Waals surface area contributed by atoms with E-state index in [1.807, 2.05) is 0 Å². The minimum atomic E-state index is 0.210. The standard InChI is InChI=1S/C16H22N2S/c1-6-17-15(16-18-12(4)13(5)19-16)14-9-10(2)7-8-11(14)3/h7-9,15,17H,6H2,1-5H3. The molecule has 1 aromatic carbocycles. The van der Waals surface area contributed by atoms with Crippen LogP contribution in [0.5, 0.6) is 0 Å². The molecule has 2 aromatic rings. The molecule has 2 rings (SSSR count). The molecule has 1 atom stereocenters. The second kappa shape index (κ2) is 5.85. The number of hydrogen-bond acceptors (Lipinski definition) is 3. The van der Waals surface area contributed by atoms with E-state index in [4.69, 9.17) is 4.98 Å². The van der Waals surface area contributed by atoms with E-state index in [2.05, 4.69) is 58.1 Å². The molecule has 0 radical (unpaired) electrons. The highest BCUT2D eigenvalue weighted by Gasteiger charge is 2.19. The Morgan fingerprint density at radius 3 is 2.53 bits per heavy atom. The van der Waals surface area contributed by atoms with Crippen LogP contribution in [0.25, 0.3) is 0 Å². The van der Waals surface area contributed by atoms with Gasteiger partial charge in [-0.2, -0.15) is 0 Å². The molecule has 1 aromatic heterocycles. The van der Waals surface area contributed by atoms with E-state index in [1.54, 1.807) is 11.3 Å². The molecule has 0 aliphatic carbocycles. The van der Waals surface area contributed by atoms with E-state index in [0.29, 0.717) is 0 Å². The summed E-state index contributed by atoms with van der Waals surface area (Å²) in [5, 5.41) is 4.74. The van der Waals surface area contributed by atoms with Gasteiger partial charge in [0.25, 0.3) is 0 Å². The molecule has 0 spiro atoms. The maximum Gasteiger partial charge on any atom is 0.115 e. The summed E-state index contributed by atoms with van der Waals surface area (Å²) in [4.78, 5) is 6.04. The van der Waals surface area contributed by atoms with Crippen LogP contribution in [0.3, 0.4) is 0 Å². The Morgan fingerprint density at radius 2 is 1.95 bits per heavy atom. The molecular formula is C16H22N2S. The number of benzene rings is 1. The van der Waals surface area contributed by atoms with Crippen LogP contribution in [0.4, 0.5) is 0 Å². The molecule has 19 heavy (non-hydrogen) atoms. The van der Waals surface area contributed by atoms with Crippen LogP contribution >= 0.6 is 11.3 Å². The lowest BCUT2D eigenvalue weighted by molar-refractivity contribution is 0.623. The fraction of sp³-hybridized carbons (Fsp3) is 0.438. The van der Waals surface area contributed by atoms with E-state index < -0.39 is 0 Å². The van der Waals surface area contributed by atoms with Crippen LogP contribution in [-0.4, -0.2) is 11.5 Å². The molecular weight excluding hydrogens is 252 g/mol. The van der Waals surface area contributed by atoms with Gasteiger partial charge in [-0.3, -0.25) is 0 Å². The summed E-state index contributed by atoms with van der Waals surface area (Å²) >= 11 is 1.80. The first-order chi connectivity index (χ1) is 9.02. The van der Waals surface area contributed by atoms with E-state index in [-0.39, 0.29) is 6.04 Å². The molecule has 0 aliphatic heterocycles. The molecule has 0 saturated carbocycles. The van der Waals surface area contributed by atoms with E-state index in [0.717, 1.165) is 12.2 Å². The van der Waals surface area contributed by atoms with Crippen LogP contribution < -0.4 is 5.32 Å². The van der Waals surface area contributed by atoms with Crippen molar-refractivity contribution in [3.8, 4) is 0 Å². The predicted octanol–water partition coefficient (Wildman–Crippen LogP) is 4.08. The summed E-state index contributed by atoms with van der Waals surface area (Å²) in [7, 11) is 0. The Labute approximate surface area is 119 Å². The Kier molecular flexibility index (Phi) is 4.38. The van der Waals surface area contributed by atoms with E-state index in [9.17, 15) is 0 Å². The van der Waals surface area contributed by atoms with Gasteiger partial charge in [0, 0.05) is 4.88 Å². The zero-order chi connectivity index (χ0) is 14.0. The van der Waals surface area contributed by atoms with E-state index in [1.165, 1.54) is 26.6 Å². The maximum absolute atomic E-state index is 4.73. The zero-order valence-corrected chi connectivity index (χ0v) is 13.2. The molecule has 0 amide bonds. The summed E-state index contributed by atoms with van der Waals surface area (Å²) in [5.41, 5.74) is 5.11.